The Morgan fingerprint density at radius 3 is 1.83 bits per heavy atom. The van der Waals surface area contributed by atoms with Crippen LogP contribution in [0.4, 0.5) is 0 Å². The van der Waals surface area contributed by atoms with E-state index in [2.05, 4.69) is 33.0 Å². The van der Waals surface area contributed by atoms with Crippen molar-refractivity contribution in [2.45, 2.75) is 65.0 Å². The fourth-order valence-corrected chi connectivity index (χ4v) is 2.47. The van der Waals surface area contributed by atoms with Crippen molar-refractivity contribution in [2.75, 3.05) is 0 Å². The smallest absolute Gasteiger partial charge is 0.0206 e. The van der Waals surface area contributed by atoms with Crippen LogP contribution in [0.5, 0.6) is 0 Å². The van der Waals surface area contributed by atoms with Gasteiger partial charge in [-0.05, 0) is 18.8 Å². The van der Waals surface area contributed by atoms with Crippen LogP contribution < -0.4 is 5.32 Å². The Morgan fingerprint density at radius 2 is 1.50 bits per heavy atom. The highest BCUT2D eigenvalue weighted by Gasteiger charge is 2.36. The van der Waals surface area contributed by atoms with Crippen molar-refractivity contribution in [2.24, 2.45) is 5.92 Å². The second kappa shape index (κ2) is 3.78. The van der Waals surface area contributed by atoms with E-state index in [-0.39, 0.29) is 0 Å². The molecule has 1 aliphatic carbocycles. The molecule has 0 amide bonds. The maximum absolute atomic E-state index is 3.75. The lowest BCUT2D eigenvalue weighted by molar-refractivity contribution is 0.223. The Morgan fingerprint density at radius 1 is 1.00 bits per heavy atom. The zero-order chi connectivity index (χ0) is 9.19. The summed E-state index contributed by atoms with van der Waals surface area (Å²) >= 11 is 0. The summed E-state index contributed by atoms with van der Waals surface area (Å²) in [6.45, 7) is 9.20. The van der Waals surface area contributed by atoms with E-state index < -0.39 is 0 Å². The lowest BCUT2D eigenvalue weighted by Gasteiger charge is -2.36. The molecule has 0 saturated heterocycles. The second-order valence-electron chi connectivity index (χ2n) is 4.82. The quantitative estimate of drug-likeness (QED) is 0.685. The molecule has 0 heterocycles. The van der Waals surface area contributed by atoms with Crippen LogP contribution in [-0.4, -0.2) is 11.6 Å². The maximum Gasteiger partial charge on any atom is 0.0206 e. The van der Waals surface area contributed by atoms with Crippen LogP contribution in [0.2, 0.25) is 0 Å². The third kappa shape index (κ3) is 2.01. The van der Waals surface area contributed by atoms with Gasteiger partial charge in [-0.1, -0.05) is 40.5 Å². The molecule has 1 fully saturated rings. The topological polar surface area (TPSA) is 12.0 Å². The molecule has 72 valence electrons. The van der Waals surface area contributed by atoms with E-state index in [0.29, 0.717) is 11.6 Å². The van der Waals surface area contributed by atoms with Gasteiger partial charge in [-0.25, -0.2) is 0 Å². The van der Waals surface area contributed by atoms with Gasteiger partial charge in [0.1, 0.15) is 0 Å². The summed E-state index contributed by atoms with van der Waals surface area (Å²) in [6, 6.07) is 0.630. The SMILES string of the molecule is CC(C)NC1(C(C)C)CCCC1. The van der Waals surface area contributed by atoms with Crippen LogP contribution in [0.15, 0.2) is 0 Å². The minimum Gasteiger partial charge on any atom is -0.309 e. The first-order valence-corrected chi connectivity index (χ1v) is 5.34. The van der Waals surface area contributed by atoms with E-state index in [9.17, 15) is 0 Å². The molecule has 0 aromatic carbocycles. The van der Waals surface area contributed by atoms with Crippen molar-refractivity contribution < 1.29 is 0 Å². The first-order valence-electron chi connectivity index (χ1n) is 5.34. The van der Waals surface area contributed by atoms with Crippen molar-refractivity contribution in [3.8, 4) is 0 Å². The van der Waals surface area contributed by atoms with Crippen LogP contribution in [0.25, 0.3) is 0 Å². The van der Waals surface area contributed by atoms with Gasteiger partial charge in [-0.3, -0.25) is 0 Å². The minimum atomic E-state index is 0.466. The molecule has 1 N–H and O–H groups in total. The van der Waals surface area contributed by atoms with Gasteiger partial charge in [0.25, 0.3) is 0 Å². The number of hydrogen-bond acceptors (Lipinski definition) is 1. The molecule has 1 nitrogen and oxygen atoms in total. The van der Waals surface area contributed by atoms with Gasteiger partial charge < -0.3 is 5.32 Å². The lowest BCUT2D eigenvalue weighted by atomic mass is 9.84. The molecule has 1 rings (SSSR count). The maximum atomic E-state index is 3.75. The summed E-state index contributed by atoms with van der Waals surface area (Å²) in [5, 5.41) is 3.75. The van der Waals surface area contributed by atoms with Crippen LogP contribution in [0.3, 0.4) is 0 Å². The average molecular weight is 169 g/mol. The highest BCUT2D eigenvalue weighted by Crippen LogP contribution is 2.36. The first kappa shape index (κ1) is 10.0. The number of hydrogen-bond donors (Lipinski definition) is 1. The molecule has 1 saturated carbocycles. The fraction of sp³-hybridized carbons (Fsp3) is 1.00. The summed E-state index contributed by atoms with van der Waals surface area (Å²) in [6.07, 6.45) is 5.58. The molecule has 0 unspecified atom stereocenters. The number of rotatable bonds is 3. The lowest BCUT2D eigenvalue weighted by Crippen LogP contribution is -2.50. The molecule has 0 aromatic rings. The Labute approximate surface area is 76.9 Å². The minimum absolute atomic E-state index is 0.466. The molecular weight excluding hydrogens is 146 g/mol. The van der Waals surface area contributed by atoms with Crippen molar-refractivity contribution >= 4 is 0 Å². The molecule has 1 heteroatoms. The van der Waals surface area contributed by atoms with E-state index in [1.165, 1.54) is 25.7 Å². The predicted molar refractivity (Wildman–Crippen MR) is 54.3 cm³/mol. The zero-order valence-corrected chi connectivity index (χ0v) is 8.98. The molecule has 0 atom stereocenters. The van der Waals surface area contributed by atoms with E-state index >= 15 is 0 Å². The van der Waals surface area contributed by atoms with Crippen molar-refractivity contribution in [3.63, 3.8) is 0 Å². The third-order valence-corrected chi connectivity index (χ3v) is 3.18. The van der Waals surface area contributed by atoms with Crippen LogP contribution in [0.1, 0.15) is 53.4 Å². The summed E-state index contributed by atoms with van der Waals surface area (Å²) < 4.78 is 0. The van der Waals surface area contributed by atoms with E-state index in [1.807, 2.05) is 0 Å². The van der Waals surface area contributed by atoms with Gasteiger partial charge in [0.05, 0.1) is 0 Å². The Kier molecular flexibility index (Phi) is 3.16. The zero-order valence-electron chi connectivity index (χ0n) is 8.98. The third-order valence-electron chi connectivity index (χ3n) is 3.18. The standard InChI is InChI=1S/C11H23N/c1-9(2)11(12-10(3)4)7-5-6-8-11/h9-10,12H,5-8H2,1-4H3. The number of nitrogens with one attached hydrogen (secondary N) is 1. The van der Waals surface area contributed by atoms with Gasteiger partial charge in [0, 0.05) is 11.6 Å². The van der Waals surface area contributed by atoms with E-state index in [1.54, 1.807) is 0 Å². The summed E-state index contributed by atoms with van der Waals surface area (Å²) in [7, 11) is 0. The van der Waals surface area contributed by atoms with Gasteiger partial charge in [0.15, 0.2) is 0 Å². The van der Waals surface area contributed by atoms with E-state index in [0.717, 1.165) is 5.92 Å². The van der Waals surface area contributed by atoms with Crippen molar-refractivity contribution in [1.29, 1.82) is 0 Å². The molecule has 0 aromatic heterocycles. The van der Waals surface area contributed by atoms with Gasteiger partial charge >= 0.3 is 0 Å². The van der Waals surface area contributed by atoms with Gasteiger partial charge in [-0.2, -0.15) is 0 Å². The van der Waals surface area contributed by atoms with Crippen LogP contribution in [0, 0.1) is 5.92 Å². The Hall–Kier alpha value is -0.0400. The van der Waals surface area contributed by atoms with Gasteiger partial charge in [-0.15, -0.1) is 0 Å². The summed E-state index contributed by atoms with van der Waals surface area (Å²) in [5.74, 6) is 0.780. The largest absolute Gasteiger partial charge is 0.309 e. The highest BCUT2D eigenvalue weighted by molar-refractivity contribution is 4.95. The summed E-state index contributed by atoms with van der Waals surface area (Å²) in [4.78, 5) is 0. The molecule has 0 aliphatic heterocycles. The average Bonchev–Trinajstić information content (AvgIpc) is 2.35. The van der Waals surface area contributed by atoms with E-state index in [4.69, 9.17) is 0 Å². The molecular formula is C11H23N. The molecule has 1 aliphatic rings. The van der Waals surface area contributed by atoms with Gasteiger partial charge in [0.2, 0.25) is 0 Å². The van der Waals surface area contributed by atoms with Crippen LogP contribution in [-0.2, 0) is 0 Å². The monoisotopic (exact) mass is 169 g/mol. The fourth-order valence-electron chi connectivity index (χ4n) is 2.47. The van der Waals surface area contributed by atoms with Crippen molar-refractivity contribution in [1.82, 2.24) is 5.32 Å². The normalized spacial score (nSPS) is 22.5. The first-order chi connectivity index (χ1) is 5.57. The molecule has 0 bridgehead atoms. The predicted octanol–water partition coefficient (Wildman–Crippen LogP) is 2.95. The second-order valence-corrected chi connectivity index (χ2v) is 4.82. The highest BCUT2D eigenvalue weighted by atomic mass is 15.0. The Balaban J connectivity index is 2.59. The molecule has 0 radical (unpaired) electrons. The van der Waals surface area contributed by atoms with Crippen LogP contribution >= 0.6 is 0 Å². The molecule has 12 heavy (non-hydrogen) atoms. The Bertz CT molecular complexity index is 132. The summed E-state index contributed by atoms with van der Waals surface area (Å²) in [5.41, 5.74) is 0.466. The molecule has 0 spiro atoms. The van der Waals surface area contributed by atoms with Crippen molar-refractivity contribution in [3.05, 3.63) is 0 Å².